The molecule has 0 unspecified atom stereocenters. The van der Waals surface area contributed by atoms with E-state index >= 15 is 0 Å². The van der Waals surface area contributed by atoms with Gasteiger partial charge in [0.25, 0.3) is 5.69 Å². The molecule has 2 atom stereocenters. The van der Waals surface area contributed by atoms with Crippen molar-refractivity contribution in [2.75, 3.05) is 12.0 Å². The number of thiocarbonyl (C=S) groups is 1. The minimum Gasteiger partial charge on any atom is -0.495 e. The first kappa shape index (κ1) is 24.4. The van der Waals surface area contributed by atoms with E-state index in [1.807, 2.05) is 47.6 Å². The van der Waals surface area contributed by atoms with Crippen LogP contribution in [0, 0.1) is 29.8 Å². The average Bonchev–Trinajstić information content (AvgIpc) is 3.39. The van der Waals surface area contributed by atoms with Crippen LogP contribution in [-0.2, 0) is 0 Å². The molecule has 0 radical (unpaired) electrons. The predicted octanol–water partition coefficient (Wildman–Crippen LogP) is 5.72. The van der Waals surface area contributed by atoms with E-state index in [1.54, 1.807) is 24.4 Å². The summed E-state index contributed by atoms with van der Waals surface area (Å²) in [7, 11) is 1.53. The van der Waals surface area contributed by atoms with Crippen LogP contribution in [0.2, 0.25) is 0 Å². The van der Waals surface area contributed by atoms with Crippen molar-refractivity contribution in [2.45, 2.75) is 25.9 Å². The number of rotatable bonds is 6. The Bertz CT molecular complexity index is 1490. The van der Waals surface area contributed by atoms with Crippen LogP contribution in [0.25, 0.3) is 5.69 Å². The third-order valence-electron chi connectivity index (χ3n) is 6.61. The first-order valence-corrected chi connectivity index (χ1v) is 12.0. The smallest absolute Gasteiger partial charge is 0.271 e. The Morgan fingerprint density at radius 3 is 2.51 bits per heavy atom. The van der Waals surface area contributed by atoms with Crippen LogP contribution in [-0.4, -0.2) is 26.7 Å². The Hall–Kier alpha value is -4.31. The van der Waals surface area contributed by atoms with E-state index in [2.05, 4.69) is 10.3 Å². The molecule has 8 nitrogen and oxygen atoms in total. The molecule has 4 aromatic rings. The molecular formula is C27H24FN5O3S. The van der Waals surface area contributed by atoms with Crippen LogP contribution < -0.4 is 15.0 Å². The zero-order chi connectivity index (χ0) is 26.3. The molecule has 2 aromatic carbocycles. The molecule has 1 aliphatic rings. The number of non-ortho nitro benzene ring substituents is 1. The lowest BCUT2D eigenvalue weighted by atomic mass is 9.96. The minimum atomic E-state index is -0.426. The summed E-state index contributed by atoms with van der Waals surface area (Å²) in [6, 6.07) is 17.9. The van der Waals surface area contributed by atoms with Gasteiger partial charge in [0.05, 0.1) is 35.5 Å². The molecule has 0 bridgehead atoms. The SMILES string of the molecule is COc1ccc([N+](=O)[O-])cc1-n1c(C)cc([C@H]2[C@H](c3ccccn3)NC(=S)N2c2ccc(F)cc2)c1C. The van der Waals surface area contributed by atoms with Crippen LogP contribution in [0.5, 0.6) is 5.75 Å². The number of hydrogen-bond acceptors (Lipinski definition) is 5. The molecule has 1 saturated heterocycles. The second kappa shape index (κ2) is 9.62. The Labute approximate surface area is 218 Å². The average molecular weight is 518 g/mol. The minimum absolute atomic E-state index is 0.0344. The van der Waals surface area contributed by atoms with Gasteiger partial charge in [-0.15, -0.1) is 0 Å². The zero-order valence-corrected chi connectivity index (χ0v) is 21.2. The molecule has 5 rings (SSSR count). The molecule has 1 N–H and O–H groups in total. The normalized spacial score (nSPS) is 17.1. The van der Waals surface area contributed by atoms with Gasteiger partial charge in [0.2, 0.25) is 0 Å². The number of ether oxygens (including phenoxy) is 1. The number of pyridine rings is 1. The number of halogens is 1. The van der Waals surface area contributed by atoms with Gasteiger partial charge in [-0.1, -0.05) is 6.07 Å². The van der Waals surface area contributed by atoms with Crippen molar-refractivity contribution in [3.05, 3.63) is 112 Å². The van der Waals surface area contributed by atoms with Gasteiger partial charge >= 0.3 is 0 Å². The molecule has 1 aliphatic heterocycles. The Balaban J connectivity index is 1.70. The molecular weight excluding hydrogens is 493 g/mol. The Kier molecular flexibility index (Phi) is 6.34. The van der Waals surface area contributed by atoms with Crippen LogP contribution in [0.3, 0.4) is 0 Å². The second-order valence-corrected chi connectivity index (χ2v) is 9.13. The lowest BCUT2D eigenvalue weighted by molar-refractivity contribution is -0.384. The lowest BCUT2D eigenvalue weighted by Gasteiger charge is -2.28. The first-order chi connectivity index (χ1) is 17.8. The summed E-state index contributed by atoms with van der Waals surface area (Å²) in [5.41, 5.74) is 4.74. The van der Waals surface area contributed by atoms with Crippen molar-refractivity contribution in [1.29, 1.82) is 0 Å². The monoisotopic (exact) mass is 517 g/mol. The summed E-state index contributed by atoms with van der Waals surface area (Å²) in [5, 5.41) is 15.4. The predicted molar refractivity (Wildman–Crippen MR) is 143 cm³/mol. The molecule has 1 fully saturated rings. The maximum atomic E-state index is 13.8. The largest absolute Gasteiger partial charge is 0.495 e. The van der Waals surface area contributed by atoms with Crippen molar-refractivity contribution < 1.29 is 14.1 Å². The van der Waals surface area contributed by atoms with E-state index < -0.39 is 4.92 Å². The highest BCUT2D eigenvalue weighted by Crippen LogP contribution is 2.44. The van der Waals surface area contributed by atoms with E-state index in [4.69, 9.17) is 17.0 Å². The zero-order valence-electron chi connectivity index (χ0n) is 20.4. The molecule has 0 aliphatic carbocycles. The quantitative estimate of drug-likeness (QED) is 0.199. The molecule has 188 valence electrons. The second-order valence-electron chi connectivity index (χ2n) is 8.75. The fourth-order valence-electron chi connectivity index (χ4n) is 4.98. The summed E-state index contributed by atoms with van der Waals surface area (Å²) < 4.78 is 21.3. The van der Waals surface area contributed by atoms with Crippen molar-refractivity contribution >= 4 is 28.7 Å². The van der Waals surface area contributed by atoms with E-state index in [1.165, 1.54) is 31.4 Å². The van der Waals surface area contributed by atoms with Crippen molar-refractivity contribution in [3.8, 4) is 11.4 Å². The highest BCUT2D eigenvalue weighted by molar-refractivity contribution is 7.80. The number of nitrogens with zero attached hydrogens (tertiary/aromatic N) is 4. The van der Waals surface area contributed by atoms with E-state index in [-0.39, 0.29) is 23.6 Å². The number of benzene rings is 2. The number of aryl methyl sites for hydroxylation is 1. The summed E-state index contributed by atoms with van der Waals surface area (Å²) in [6.45, 7) is 3.90. The van der Waals surface area contributed by atoms with Gasteiger partial charge in [0, 0.05) is 35.4 Å². The van der Waals surface area contributed by atoms with Crippen molar-refractivity contribution in [3.63, 3.8) is 0 Å². The van der Waals surface area contributed by atoms with Gasteiger partial charge in [-0.05, 0) is 80.2 Å². The fourth-order valence-corrected chi connectivity index (χ4v) is 5.32. The van der Waals surface area contributed by atoms with Crippen LogP contribution in [0.15, 0.2) is 72.9 Å². The Morgan fingerprint density at radius 1 is 1.11 bits per heavy atom. The highest BCUT2D eigenvalue weighted by atomic mass is 32.1. The number of nitrogens with one attached hydrogen (secondary N) is 1. The molecule has 37 heavy (non-hydrogen) atoms. The maximum absolute atomic E-state index is 13.8. The third kappa shape index (κ3) is 4.29. The molecule has 0 saturated carbocycles. The van der Waals surface area contributed by atoms with E-state index in [0.717, 1.165) is 28.3 Å². The molecule has 3 heterocycles. The summed E-state index contributed by atoms with van der Waals surface area (Å²) in [4.78, 5) is 17.6. The number of anilines is 1. The maximum Gasteiger partial charge on any atom is 0.271 e. The van der Waals surface area contributed by atoms with Crippen LogP contribution in [0.4, 0.5) is 15.8 Å². The number of nitro groups is 1. The lowest BCUT2D eigenvalue weighted by Crippen LogP contribution is -2.29. The van der Waals surface area contributed by atoms with Gasteiger partial charge in [0.15, 0.2) is 5.11 Å². The van der Waals surface area contributed by atoms with Gasteiger partial charge < -0.3 is 19.5 Å². The standard InChI is InChI=1S/C27H24FN5O3S/c1-16-14-21(17(2)31(16)23-15-20(33(34)35)11-12-24(23)36-3)26-25(22-6-4-5-13-29-22)30-27(37)32(26)19-9-7-18(28)8-10-19/h4-15,25-26H,1-3H3,(H,30,37)/t25-,26-/m0/s1. The van der Waals surface area contributed by atoms with Crippen LogP contribution >= 0.6 is 12.2 Å². The van der Waals surface area contributed by atoms with Crippen molar-refractivity contribution in [1.82, 2.24) is 14.9 Å². The first-order valence-electron chi connectivity index (χ1n) is 11.6. The number of methoxy groups -OCH3 is 1. The summed E-state index contributed by atoms with van der Waals surface area (Å²) in [5.74, 6) is 0.172. The topological polar surface area (TPSA) is 85.5 Å². The molecule has 10 heteroatoms. The van der Waals surface area contributed by atoms with E-state index in [9.17, 15) is 14.5 Å². The molecule has 0 amide bonds. The van der Waals surface area contributed by atoms with Gasteiger partial charge in [0.1, 0.15) is 11.6 Å². The number of aromatic nitrogens is 2. The molecule has 0 spiro atoms. The van der Waals surface area contributed by atoms with Gasteiger partial charge in [-0.25, -0.2) is 4.39 Å². The molecule has 2 aromatic heterocycles. The number of nitro benzene ring substituents is 1. The van der Waals surface area contributed by atoms with E-state index in [0.29, 0.717) is 16.5 Å². The fraction of sp³-hybridized carbons (Fsp3) is 0.185. The summed E-state index contributed by atoms with van der Waals surface area (Å²) in [6.07, 6.45) is 1.73. The number of hydrogen-bond donors (Lipinski definition) is 1. The van der Waals surface area contributed by atoms with Gasteiger partial charge in [-0.2, -0.15) is 0 Å². The van der Waals surface area contributed by atoms with Gasteiger partial charge in [-0.3, -0.25) is 15.1 Å². The van der Waals surface area contributed by atoms with Crippen molar-refractivity contribution in [2.24, 2.45) is 0 Å². The van der Waals surface area contributed by atoms with Crippen LogP contribution in [0.1, 0.15) is 34.7 Å². The Morgan fingerprint density at radius 2 is 1.86 bits per heavy atom. The highest BCUT2D eigenvalue weighted by Gasteiger charge is 2.42. The third-order valence-corrected chi connectivity index (χ3v) is 6.92. The summed E-state index contributed by atoms with van der Waals surface area (Å²) >= 11 is 5.76.